The number of nitrogens with zero attached hydrogens (tertiary/aromatic N) is 1. The first kappa shape index (κ1) is 17.7. The number of halogens is 1. The fourth-order valence-electron chi connectivity index (χ4n) is 2.32. The third-order valence-electron chi connectivity index (χ3n) is 3.54. The van der Waals surface area contributed by atoms with Crippen LogP contribution in [0, 0.1) is 10.1 Å². The second-order valence-corrected chi connectivity index (χ2v) is 5.40. The van der Waals surface area contributed by atoms with E-state index in [0.29, 0.717) is 5.56 Å². The van der Waals surface area contributed by atoms with Gasteiger partial charge in [-0.15, -0.1) is 0 Å². The van der Waals surface area contributed by atoms with E-state index < -0.39 is 23.0 Å². The molecule has 24 heavy (non-hydrogen) atoms. The Labute approximate surface area is 143 Å². The highest BCUT2D eigenvalue weighted by atomic mass is 35.5. The fourth-order valence-corrected chi connectivity index (χ4v) is 2.49. The first-order valence-electron chi connectivity index (χ1n) is 6.91. The number of hydrogen-bond acceptors (Lipinski definition) is 6. The van der Waals surface area contributed by atoms with Crippen molar-refractivity contribution < 1.29 is 19.6 Å². The molecule has 0 saturated carbocycles. The molecule has 0 aliphatic carbocycles. The average Bonchev–Trinajstić information content (AvgIpc) is 2.60. The second kappa shape index (κ2) is 7.29. The van der Waals surface area contributed by atoms with E-state index in [9.17, 15) is 20.0 Å². The number of aliphatic hydroxyl groups excluding tert-OH is 1. The van der Waals surface area contributed by atoms with E-state index in [1.165, 1.54) is 19.2 Å². The zero-order valence-corrected chi connectivity index (χ0v) is 13.5. The number of methoxy groups -OCH3 is 1. The minimum absolute atomic E-state index is 0.0349. The summed E-state index contributed by atoms with van der Waals surface area (Å²) < 4.78 is 4.80. The van der Waals surface area contributed by atoms with Crippen LogP contribution in [0.1, 0.15) is 5.56 Å². The lowest BCUT2D eigenvalue weighted by Crippen LogP contribution is -2.47. The van der Waals surface area contributed by atoms with E-state index in [-0.39, 0.29) is 16.4 Å². The highest BCUT2D eigenvalue weighted by Crippen LogP contribution is 2.34. The Balaban J connectivity index is 2.59. The molecule has 0 aliphatic heterocycles. The summed E-state index contributed by atoms with van der Waals surface area (Å²) >= 11 is 5.80. The van der Waals surface area contributed by atoms with Gasteiger partial charge in [-0.2, -0.15) is 0 Å². The molecule has 7 nitrogen and oxygen atoms in total. The van der Waals surface area contributed by atoms with Gasteiger partial charge in [-0.1, -0.05) is 41.9 Å². The van der Waals surface area contributed by atoms with E-state index in [2.05, 4.69) is 5.32 Å². The van der Waals surface area contributed by atoms with Gasteiger partial charge < -0.3 is 15.2 Å². The largest absolute Gasteiger partial charge is 0.467 e. The molecule has 0 aliphatic rings. The summed E-state index contributed by atoms with van der Waals surface area (Å²) in [6.07, 6.45) is 0. The van der Waals surface area contributed by atoms with Gasteiger partial charge in [-0.3, -0.25) is 10.1 Å². The van der Waals surface area contributed by atoms with Gasteiger partial charge in [0.2, 0.25) is 0 Å². The van der Waals surface area contributed by atoms with Crippen LogP contribution in [-0.4, -0.2) is 29.7 Å². The van der Waals surface area contributed by atoms with Crippen LogP contribution in [-0.2, 0) is 15.1 Å². The minimum atomic E-state index is -1.69. The Morgan fingerprint density at radius 3 is 2.54 bits per heavy atom. The molecule has 0 bridgehead atoms. The zero-order valence-electron chi connectivity index (χ0n) is 12.7. The Morgan fingerprint density at radius 1 is 1.33 bits per heavy atom. The number of aliphatic hydroxyl groups is 1. The second-order valence-electron chi connectivity index (χ2n) is 4.96. The number of hydrogen-bond donors (Lipinski definition) is 2. The van der Waals surface area contributed by atoms with E-state index in [1.54, 1.807) is 30.3 Å². The van der Waals surface area contributed by atoms with Crippen molar-refractivity contribution in [3.63, 3.8) is 0 Å². The molecule has 0 aromatic heterocycles. The minimum Gasteiger partial charge on any atom is -0.467 e. The normalized spacial score (nSPS) is 13.0. The molecular formula is C16H15ClN2O5. The van der Waals surface area contributed by atoms with Gasteiger partial charge in [0.05, 0.1) is 18.6 Å². The maximum absolute atomic E-state index is 12.4. The van der Waals surface area contributed by atoms with Crippen LogP contribution in [0.3, 0.4) is 0 Å². The van der Waals surface area contributed by atoms with Crippen LogP contribution < -0.4 is 5.32 Å². The van der Waals surface area contributed by atoms with E-state index >= 15 is 0 Å². The number of esters is 1. The zero-order chi connectivity index (χ0) is 17.7. The standard InChI is InChI=1S/C16H15ClN2O5/c1-24-15(21)16(10-20,11-5-3-2-4-6-11)18-13-8-7-12(17)9-14(13)19(22)23/h2-9,18,20H,10H2,1H3. The number of rotatable bonds is 6. The van der Waals surface area contributed by atoms with Gasteiger partial charge in [-0.05, 0) is 17.7 Å². The highest BCUT2D eigenvalue weighted by molar-refractivity contribution is 6.30. The number of anilines is 1. The van der Waals surface area contributed by atoms with E-state index in [0.717, 1.165) is 6.07 Å². The number of ether oxygens (including phenoxy) is 1. The number of nitro groups is 1. The van der Waals surface area contributed by atoms with Crippen molar-refractivity contribution in [2.24, 2.45) is 0 Å². The number of benzene rings is 2. The predicted molar refractivity (Wildman–Crippen MR) is 89.0 cm³/mol. The number of nitro benzene ring substituents is 1. The molecule has 0 heterocycles. The Hall–Kier alpha value is -2.64. The van der Waals surface area contributed by atoms with E-state index in [1.807, 2.05) is 0 Å². The Morgan fingerprint density at radius 2 is 2.00 bits per heavy atom. The van der Waals surface area contributed by atoms with Crippen LogP contribution in [0.5, 0.6) is 0 Å². The first-order valence-corrected chi connectivity index (χ1v) is 7.29. The molecule has 2 N–H and O–H groups in total. The number of carbonyl (C=O) groups excluding carboxylic acids is 1. The molecule has 8 heteroatoms. The van der Waals surface area contributed by atoms with Gasteiger partial charge in [0.25, 0.3) is 5.69 Å². The summed E-state index contributed by atoms with van der Waals surface area (Å²) in [6, 6.07) is 12.3. The van der Waals surface area contributed by atoms with Crippen molar-refractivity contribution in [1.82, 2.24) is 0 Å². The smallest absolute Gasteiger partial charge is 0.338 e. The quantitative estimate of drug-likeness (QED) is 0.472. The molecular weight excluding hydrogens is 336 g/mol. The molecule has 2 aromatic carbocycles. The lowest BCUT2D eigenvalue weighted by molar-refractivity contribution is -0.384. The molecule has 2 aromatic rings. The van der Waals surface area contributed by atoms with Crippen LogP contribution in [0.2, 0.25) is 5.02 Å². The lowest BCUT2D eigenvalue weighted by Gasteiger charge is -2.31. The molecule has 1 unspecified atom stereocenters. The Kier molecular flexibility index (Phi) is 5.38. The van der Waals surface area contributed by atoms with Gasteiger partial charge in [0.1, 0.15) is 5.69 Å². The maximum Gasteiger partial charge on any atom is 0.338 e. The van der Waals surface area contributed by atoms with Gasteiger partial charge in [0.15, 0.2) is 5.54 Å². The third kappa shape index (κ3) is 3.32. The molecule has 1 atom stereocenters. The molecule has 0 saturated heterocycles. The summed E-state index contributed by atoms with van der Waals surface area (Å²) in [4.78, 5) is 23.0. The van der Waals surface area contributed by atoms with Crippen LogP contribution >= 0.6 is 11.6 Å². The van der Waals surface area contributed by atoms with Crippen molar-refractivity contribution in [2.75, 3.05) is 19.0 Å². The Bertz CT molecular complexity index is 753. The van der Waals surface area contributed by atoms with Crippen LogP contribution in [0.25, 0.3) is 0 Å². The summed E-state index contributed by atoms with van der Waals surface area (Å²) in [5.74, 6) is -0.777. The number of carbonyl (C=O) groups is 1. The molecule has 0 radical (unpaired) electrons. The van der Waals surface area contributed by atoms with Gasteiger partial charge >= 0.3 is 5.97 Å². The SMILES string of the molecule is COC(=O)C(CO)(Nc1ccc(Cl)cc1[N+](=O)[O-])c1ccccc1. The topological polar surface area (TPSA) is 102 Å². The lowest BCUT2D eigenvalue weighted by atomic mass is 9.90. The van der Waals surface area contributed by atoms with Crippen molar-refractivity contribution >= 4 is 28.9 Å². The summed E-state index contributed by atoms with van der Waals surface area (Å²) in [5.41, 5.74) is -1.56. The number of nitrogens with one attached hydrogen (secondary N) is 1. The third-order valence-corrected chi connectivity index (χ3v) is 3.78. The van der Waals surface area contributed by atoms with Crippen LogP contribution in [0.15, 0.2) is 48.5 Å². The maximum atomic E-state index is 12.4. The predicted octanol–water partition coefficient (Wildman–Crippen LogP) is 2.72. The molecule has 0 spiro atoms. The van der Waals surface area contributed by atoms with E-state index in [4.69, 9.17) is 16.3 Å². The van der Waals surface area contributed by atoms with Crippen molar-refractivity contribution in [3.05, 3.63) is 69.2 Å². The van der Waals surface area contributed by atoms with Crippen LogP contribution in [0.4, 0.5) is 11.4 Å². The summed E-state index contributed by atoms with van der Waals surface area (Å²) in [7, 11) is 1.17. The molecule has 0 amide bonds. The average molecular weight is 351 g/mol. The van der Waals surface area contributed by atoms with Crippen molar-refractivity contribution in [3.8, 4) is 0 Å². The first-order chi connectivity index (χ1) is 11.4. The monoisotopic (exact) mass is 350 g/mol. The van der Waals surface area contributed by atoms with Crippen molar-refractivity contribution in [1.29, 1.82) is 0 Å². The molecule has 0 fully saturated rings. The fraction of sp³-hybridized carbons (Fsp3) is 0.188. The van der Waals surface area contributed by atoms with Gasteiger partial charge in [-0.25, -0.2) is 4.79 Å². The van der Waals surface area contributed by atoms with Gasteiger partial charge in [0, 0.05) is 11.1 Å². The molecule has 126 valence electrons. The summed E-state index contributed by atoms with van der Waals surface area (Å²) in [6.45, 7) is -0.663. The van der Waals surface area contributed by atoms with Crippen molar-refractivity contribution in [2.45, 2.75) is 5.54 Å². The molecule has 2 rings (SSSR count). The summed E-state index contributed by atoms with van der Waals surface area (Å²) in [5, 5.41) is 24.1. The highest BCUT2D eigenvalue weighted by Gasteiger charge is 2.42.